The Hall–Kier alpha value is -1.32. The maximum atomic E-state index is 12.7. The van der Waals surface area contributed by atoms with Gasteiger partial charge >= 0.3 is 0 Å². The Labute approximate surface area is 141 Å². The average Bonchev–Trinajstić information content (AvgIpc) is 2.72. The zero-order valence-corrected chi connectivity index (χ0v) is 15.6. The van der Waals surface area contributed by atoms with Gasteiger partial charge < -0.3 is 4.90 Å². The molecule has 0 spiro atoms. The van der Waals surface area contributed by atoms with Gasteiger partial charge in [0, 0.05) is 30.9 Å². The number of amides is 1. The third kappa shape index (κ3) is 4.58. The van der Waals surface area contributed by atoms with Crippen molar-refractivity contribution in [1.29, 1.82) is 0 Å². The number of hydrogen-bond donors (Lipinski definition) is 0. The number of carbonyl (C=O) groups excluding carboxylic acids is 1. The predicted molar refractivity (Wildman–Crippen MR) is 94.5 cm³/mol. The Bertz CT molecular complexity index is 525. The van der Waals surface area contributed by atoms with Gasteiger partial charge in [-0.05, 0) is 32.6 Å². The van der Waals surface area contributed by atoms with Crippen LogP contribution >= 0.6 is 0 Å². The van der Waals surface area contributed by atoms with Crippen LogP contribution in [0.1, 0.15) is 69.3 Å². The average molecular weight is 319 g/mol. The summed E-state index contributed by atoms with van der Waals surface area (Å²) in [5, 5.41) is 4.64. The molecule has 1 aliphatic carbocycles. The van der Waals surface area contributed by atoms with E-state index in [1.54, 1.807) is 0 Å². The van der Waals surface area contributed by atoms with E-state index in [0.29, 0.717) is 18.4 Å². The molecular weight excluding hydrogens is 286 g/mol. The number of likely N-dealkylation sites (N-methyl/N-ethyl adjacent to an activating group) is 1. The Morgan fingerprint density at radius 2 is 1.83 bits per heavy atom. The predicted octanol–water partition coefficient (Wildman–Crippen LogP) is 3.88. The first-order chi connectivity index (χ1) is 10.9. The topological polar surface area (TPSA) is 38.1 Å². The number of carbonyl (C=O) groups is 1. The molecule has 1 aliphatic rings. The molecular formula is C19H33N3O. The van der Waals surface area contributed by atoms with Crippen molar-refractivity contribution in [3.8, 4) is 0 Å². The van der Waals surface area contributed by atoms with Gasteiger partial charge in [-0.3, -0.25) is 9.48 Å². The standard InChI is InChI=1S/C19H33N3O/c1-14(2)13-22-16(4)18(15(3)20-22)12-19(23)21(5)17-10-8-6-7-9-11-17/h14,17H,6-13H2,1-5H3. The highest BCUT2D eigenvalue weighted by Crippen LogP contribution is 2.22. The van der Waals surface area contributed by atoms with Gasteiger partial charge in [0.1, 0.15) is 0 Å². The summed E-state index contributed by atoms with van der Waals surface area (Å²) in [6.45, 7) is 9.43. The monoisotopic (exact) mass is 319 g/mol. The fourth-order valence-corrected chi connectivity index (χ4v) is 3.64. The van der Waals surface area contributed by atoms with Crippen molar-refractivity contribution in [1.82, 2.24) is 14.7 Å². The van der Waals surface area contributed by atoms with Crippen molar-refractivity contribution >= 4 is 5.91 Å². The lowest BCUT2D eigenvalue weighted by Gasteiger charge is -2.27. The molecule has 0 N–H and O–H groups in total. The minimum atomic E-state index is 0.243. The van der Waals surface area contributed by atoms with Crippen LogP contribution in [0.25, 0.3) is 0 Å². The summed E-state index contributed by atoms with van der Waals surface area (Å²) in [5.41, 5.74) is 3.28. The minimum absolute atomic E-state index is 0.243. The molecule has 1 aromatic rings. The fourth-order valence-electron chi connectivity index (χ4n) is 3.64. The van der Waals surface area contributed by atoms with Crippen LogP contribution in [-0.4, -0.2) is 33.7 Å². The largest absolute Gasteiger partial charge is 0.342 e. The van der Waals surface area contributed by atoms with E-state index in [1.807, 2.05) is 18.9 Å². The normalized spacial score (nSPS) is 16.6. The molecule has 0 aliphatic heterocycles. The van der Waals surface area contributed by atoms with Gasteiger partial charge in [0.25, 0.3) is 0 Å². The number of nitrogens with zero attached hydrogens (tertiary/aromatic N) is 3. The van der Waals surface area contributed by atoms with Crippen LogP contribution in [0, 0.1) is 19.8 Å². The van der Waals surface area contributed by atoms with Gasteiger partial charge in [0.2, 0.25) is 5.91 Å². The van der Waals surface area contributed by atoms with E-state index in [2.05, 4.69) is 30.6 Å². The quantitative estimate of drug-likeness (QED) is 0.773. The maximum Gasteiger partial charge on any atom is 0.227 e. The summed E-state index contributed by atoms with van der Waals surface area (Å²) < 4.78 is 2.06. The zero-order chi connectivity index (χ0) is 17.0. The van der Waals surface area contributed by atoms with Crippen LogP contribution in [0.2, 0.25) is 0 Å². The van der Waals surface area contributed by atoms with Crippen molar-refractivity contribution in [3.63, 3.8) is 0 Å². The van der Waals surface area contributed by atoms with Crippen LogP contribution in [0.4, 0.5) is 0 Å². The Kier molecular flexibility index (Phi) is 6.25. The summed E-state index contributed by atoms with van der Waals surface area (Å²) in [6.07, 6.45) is 7.96. The van der Waals surface area contributed by atoms with E-state index in [4.69, 9.17) is 0 Å². The van der Waals surface area contributed by atoms with Gasteiger partial charge in [-0.15, -0.1) is 0 Å². The van der Waals surface area contributed by atoms with Gasteiger partial charge in [-0.2, -0.15) is 5.10 Å². The Balaban J connectivity index is 2.05. The van der Waals surface area contributed by atoms with E-state index in [-0.39, 0.29) is 5.91 Å². The van der Waals surface area contributed by atoms with Crippen molar-refractivity contribution < 1.29 is 4.79 Å². The summed E-state index contributed by atoms with van der Waals surface area (Å²) >= 11 is 0. The van der Waals surface area contributed by atoms with E-state index < -0.39 is 0 Å². The summed E-state index contributed by atoms with van der Waals surface area (Å²) in [4.78, 5) is 14.8. The fraction of sp³-hybridized carbons (Fsp3) is 0.789. The molecule has 1 fully saturated rings. The lowest BCUT2D eigenvalue weighted by atomic mass is 10.1. The number of hydrogen-bond acceptors (Lipinski definition) is 2. The molecule has 1 heterocycles. The minimum Gasteiger partial charge on any atom is -0.342 e. The second kappa shape index (κ2) is 7.98. The van der Waals surface area contributed by atoms with Crippen molar-refractivity contribution in [2.45, 2.75) is 85.2 Å². The van der Waals surface area contributed by atoms with E-state index >= 15 is 0 Å². The van der Waals surface area contributed by atoms with E-state index in [9.17, 15) is 4.79 Å². The molecule has 2 rings (SSSR count). The molecule has 4 nitrogen and oxygen atoms in total. The molecule has 1 aromatic heterocycles. The molecule has 0 bridgehead atoms. The van der Waals surface area contributed by atoms with Gasteiger partial charge in [0.15, 0.2) is 0 Å². The van der Waals surface area contributed by atoms with E-state index in [1.165, 1.54) is 25.7 Å². The lowest BCUT2D eigenvalue weighted by molar-refractivity contribution is -0.131. The first-order valence-corrected chi connectivity index (χ1v) is 9.18. The molecule has 130 valence electrons. The smallest absolute Gasteiger partial charge is 0.227 e. The van der Waals surface area contributed by atoms with Crippen LogP contribution < -0.4 is 0 Å². The first-order valence-electron chi connectivity index (χ1n) is 9.18. The highest BCUT2D eigenvalue weighted by atomic mass is 16.2. The molecule has 1 saturated carbocycles. The maximum absolute atomic E-state index is 12.7. The van der Waals surface area contributed by atoms with Crippen LogP contribution in [0.5, 0.6) is 0 Å². The molecule has 0 saturated heterocycles. The molecule has 0 atom stereocenters. The van der Waals surface area contributed by atoms with Crippen LogP contribution in [0.15, 0.2) is 0 Å². The number of aromatic nitrogens is 2. The summed E-state index contributed by atoms with van der Waals surface area (Å²) in [6, 6.07) is 0.427. The summed E-state index contributed by atoms with van der Waals surface area (Å²) in [5.74, 6) is 0.803. The molecule has 23 heavy (non-hydrogen) atoms. The Morgan fingerprint density at radius 1 is 1.22 bits per heavy atom. The third-order valence-corrected chi connectivity index (χ3v) is 5.16. The molecule has 0 radical (unpaired) electrons. The van der Waals surface area contributed by atoms with Crippen molar-refractivity contribution in [2.75, 3.05) is 7.05 Å². The van der Waals surface area contributed by atoms with Gasteiger partial charge in [-0.25, -0.2) is 0 Å². The summed E-state index contributed by atoms with van der Waals surface area (Å²) in [7, 11) is 1.99. The third-order valence-electron chi connectivity index (χ3n) is 5.16. The zero-order valence-electron chi connectivity index (χ0n) is 15.6. The van der Waals surface area contributed by atoms with Crippen LogP contribution in [-0.2, 0) is 17.8 Å². The molecule has 0 unspecified atom stereocenters. The SMILES string of the molecule is Cc1nn(CC(C)C)c(C)c1CC(=O)N(C)C1CCCCCC1. The number of aryl methyl sites for hydroxylation is 1. The lowest BCUT2D eigenvalue weighted by Crippen LogP contribution is -2.37. The molecule has 1 amide bonds. The Morgan fingerprint density at radius 3 is 2.39 bits per heavy atom. The first kappa shape index (κ1) is 18.0. The van der Waals surface area contributed by atoms with Gasteiger partial charge in [-0.1, -0.05) is 39.5 Å². The van der Waals surface area contributed by atoms with Crippen molar-refractivity contribution in [2.24, 2.45) is 5.92 Å². The molecule has 0 aromatic carbocycles. The highest BCUT2D eigenvalue weighted by molar-refractivity contribution is 5.79. The van der Waals surface area contributed by atoms with Crippen molar-refractivity contribution in [3.05, 3.63) is 17.0 Å². The second-order valence-electron chi connectivity index (χ2n) is 7.55. The van der Waals surface area contributed by atoms with E-state index in [0.717, 1.165) is 36.3 Å². The second-order valence-corrected chi connectivity index (χ2v) is 7.55. The van der Waals surface area contributed by atoms with Crippen LogP contribution in [0.3, 0.4) is 0 Å². The number of rotatable bonds is 5. The highest BCUT2D eigenvalue weighted by Gasteiger charge is 2.23. The molecule has 4 heteroatoms. The van der Waals surface area contributed by atoms with Gasteiger partial charge in [0.05, 0.1) is 12.1 Å².